The van der Waals surface area contributed by atoms with E-state index in [1.165, 1.54) is 39.1 Å². The summed E-state index contributed by atoms with van der Waals surface area (Å²) in [4.78, 5) is 4.94. The van der Waals surface area contributed by atoms with Crippen LogP contribution in [0, 0.1) is 0 Å². The largest absolute Gasteiger partial charge is 0.385 e. The molecule has 0 amide bonds. The van der Waals surface area contributed by atoms with Crippen molar-refractivity contribution in [2.75, 3.05) is 51.6 Å². The second-order valence-corrected chi connectivity index (χ2v) is 5.37. The number of anilines is 1. The van der Waals surface area contributed by atoms with Crippen LogP contribution < -0.4 is 5.32 Å². The van der Waals surface area contributed by atoms with Crippen molar-refractivity contribution in [1.29, 1.82) is 0 Å². The summed E-state index contributed by atoms with van der Waals surface area (Å²) in [5.74, 6) is 0. The van der Waals surface area contributed by atoms with Crippen LogP contribution in [0.15, 0.2) is 24.3 Å². The summed E-state index contributed by atoms with van der Waals surface area (Å²) < 4.78 is 0. The molecule has 1 aliphatic heterocycles. The second-order valence-electron chi connectivity index (χ2n) is 4.93. The van der Waals surface area contributed by atoms with Crippen LogP contribution in [0.4, 0.5) is 5.69 Å². The number of hydrogen-bond acceptors (Lipinski definition) is 3. The third-order valence-electron chi connectivity index (χ3n) is 3.42. The topological polar surface area (TPSA) is 18.5 Å². The van der Waals surface area contributed by atoms with Crippen LogP contribution in [-0.2, 0) is 0 Å². The molecule has 2 rings (SSSR count). The lowest BCUT2D eigenvalue weighted by Gasteiger charge is -2.32. The Morgan fingerprint density at radius 2 is 1.78 bits per heavy atom. The van der Waals surface area contributed by atoms with E-state index in [-0.39, 0.29) is 0 Å². The molecule has 0 bridgehead atoms. The Morgan fingerprint density at radius 3 is 2.44 bits per heavy atom. The first-order chi connectivity index (χ1) is 8.74. The van der Waals surface area contributed by atoms with E-state index in [9.17, 15) is 0 Å². The lowest BCUT2D eigenvalue weighted by molar-refractivity contribution is 0.154. The zero-order valence-electron chi connectivity index (χ0n) is 11.0. The van der Waals surface area contributed by atoms with Crippen molar-refractivity contribution in [3.63, 3.8) is 0 Å². The highest BCUT2D eigenvalue weighted by molar-refractivity contribution is 6.30. The molecule has 1 heterocycles. The molecule has 1 aromatic rings. The van der Waals surface area contributed by atoms with Gasteiger partial charge in [0, 0.05) is 43.4 Å². The smallest absolute Gasteiger partial charge is 0.0407 e. The Kier molecular flexibility index (Phi) is 5.29. The maximum Gasteiger partial charge on any atom is 0.0407 e. The summed E-state index contributed by atoms with van der Waals surface area (Å²) >= 11 is 5.85. The Morgan fingerprint density at radius 1 is 1.11 bits per heavy atom. The molecule has 0 aliphatic carbocycles. The van der Waals surface area contributed by atoms with Gasteiger partial charge in [0.2, 0.25) is 0 Å². The molecule has 3 nitrogen and oxygen atoms in total. The van der Waals surface area contributed by atoms with Gasteiger partial charge in [0.05, 0.1) is 0 Å². The molecule has 4 heteroatoms. The van der Waals surface area contributed by atoms with Gasteiger partial charge in [0.1, 0.15) is 0 Å². The molecular formula is C14H22ClN3. The fourth-order valence-corrected chi connectivity index (χ4v) is 2.30. The Bertz CT molecular complexity index is 345. The van der Waals surface area contributed by atoms with Crippen LogP contribution >= 0.6 is 11.6 Å². The molecule has 1 N–H and O–H groups in total. The number of halogens is 1. The average Bonchev–Trinajstić information content (AvgIpc) is 2.39. The van der Waals surface area contributed by atoms with Gasteiger partial charge < -0.3 is 15.1 Å². The van der Waals surface area contributed by atoms with Crippen LogP contribution in [-0.4, -0.2) is 56.1 Å². The quantitative estimate of drug-likeness (QED) is 0.827. The molecule has 1 aromatic carbocycles. The summed E-state index contributed by atoms with van der Waals surface area (Å²) in [6, 6.07) is 7.89. The second kappa shape index (κ2) is 6.98. The Balaban J connectivity index is 1.60. The molecule has 1 saturated heterocycles. The monoisotopic (exact) mass is 267 g/mol. The van der Waals surface area contributed by atoms with Crippen LogP contribution in [0.1, 0.15) is 6.42 Å². The molecular weight excluding hydrogens is 246 g/mol. The molecule has 0 spiro atoms. The van der Waals surface area contributed by atoms with Crippen LogP contribution in [0.25, 0.3) is 0 Å². The highest BCUT2D eigenvalue weighted by Gasteiger charge is 2.12. The minimum Gasteiger partial charge on any atom is -0.385 e. The first kappa shape index (κ1) is 13.7. The normalized spacial score (nSPS) is 17.9. The number of likely N-dealkylation sites (N-methyl/N-ethyl adjacent to an activating group) is 1. The first-order valence-electron chi connectivity index (χ1n) is 6.64. The Hall–Kier alpha value is -0.770. The molecule has 18 heavy (non-hydrogen) atoms. The van der Waals surface area contributed by atoms with Gasteiger partial charge in [-0.05, 0) is 44.3 Å². The van der Waals surface area contributed by atoms with Gasteiger partial charge in [-0.1, -0.05) is 11.6 Å². The fourth-order valence-electron chi connectivity index (χ4n) is 2.17. The minimum absolute atomic E-state index is 0.790. The van der Waals surface area contributed by atoms with Gasteiger partial charge in [-0.3, -0.25) is 0 Å². The maximum absolute atomic E-state index is 5.85. The van der Waals surface area contributed by atoms with Gasteiger partial charge in [0.25, 0.3) is 0 Å². The molecule has 1 fully saturated rings. The highest BCUT2D eigenvalue weighted by atomic mass is 35.5. The predicted octanol–water partition coefficient (Wildman–Crippen LogP) is 2.39. The number of nitrogens with zero attached hydrogens (tertiary/aromatic N) is 2. The summed E-state index contributed by atoms with van der Waals surface area (Å²) in [6.07, 6.45) is 1.19. The van der Waals surface area contributed by atoms with E-state index in [2.05, 4.69) is 22.2 Å². The highest BCUT2D eigenvalue weighted by Crippen LogP contribution is 2.13. The summed E-state index contributed by atoms with van der Waals surface area (Å²) in [5.41, 5.74) is 1.15. The van der Waals surface area contributed by atoms with Crippen LogP contribution in [0.5, 0.6) is 0 Å². The minimum atomic E-state index is 0.790. The van der Waals surface area contributed by atoms with Crippen LogP contribution in [0.2, 0.25) is 5.02 Å². The molecule has 0 radical (unpaired) electrons. The van der Waals surface area contributed by atoms with Gasteiger partial charge in [-0.25, -0.2) is 0 Å². The zero-order chi connectivity index (χ0) is 12.8. The first-order valence-corrected chi connectivity index (χ1v) is 7.02. The predicted molar refractivity (Wildman–Crippen MR) is 78.5 cm³/mol. The molecule has 0 unspecified atom stereocenters. The fraction of sp³-hybridized carbons (Fsp3) is 0.571. The van der Waals surface area contributed by atoms with Crippen molar-refractivity contribution in [2.45, 2.75) is 6.42 Å². The van der Waals surface area contributed by atoms with Crippen molar-refractivity contribution in [3.05, 3.63) is 29.3 Å². The summed E-state index contributed by atoms with van der Waals surface area (Å²) in [6.45, 7) is 7.02. The van der Waals surface area contributed by atoms with E-state index < -0.39 is 0 Å². The van der Waals surface area contributed by atoms with E-state index in [0.29, 0.717) is 0 Å². The Labute approximate surface area is 115 Å². The van der Waals surface area contributed by atoms with Crippen molar-refractivity contribution in [1.82, 2.24) is 9.80 Å². The van der Waals surface area contributed by atoms with E-state index >= 15 is 0 Å². The van der Waals surface area contributed by atoms with E-state index in [1.54, 1.807) is 0 Å². The van der Waals surface area contributed by atoms with Crippen molar-refractivity contribution >= 4 is 17.3 Å². The van der Waals surface area contributed by atoms with Crippen molar-refractivity contribution < 1.29 is 0 Å². The summed E-state index contributed by atoms with van der Waals surface area (Å²) in [5, 5.41) is 4.21. The number of nitrogens with one attached hydrogen (secondary N) is 1. The lowest BCUT2D eigenvalue weighted by Crippen LogP contribution is -2.44. The van der Waals surface area contributed by atoms with E-state index in [4.69, 9.17) is 11.6 Å². The molecule has 0 saturated carbocycles. The van der Waals surface area contributed by atoms with Gasteiger partial charge >= 0.3 is 0 Å². The molecule has 100 valence electrons. The number of rotatable bonds is 5. The lowest BCUT2D eigenvalue weighted by atomic mass is 10.3. The van der Waals surface area contributed by atoms with Gasteiger partial charge in [-0.2, -0.15) is 0 Å². The number of benzene rings is 1. The SMILES string of the molecule is CN1CCN(CCCNc2ccc(Cl)cc2)CC1. The average molecular weight is 268 g/mol. The third kappa shape index (κ3) is 4.48. The molecule has 0 aromatic heterocycles. The number of hydrogen-bond donors (Lipinski definition) is 1. The zero-order valence-corrected chi connectivity index (χ0v) is 11.8. The maximum atomic E-state index is 5.85. The molecule has 0 atom stereocenters. The standard InChI is InChI=1S/C14H22ClN3/c1-17-9-11-18(12-10-17)8-2-7-16-14-5-3-13(15)4-6-14/h3-6,16H,2,7-12H2,1H3. The van der Waals surface area contributed by atoms with E-state index in [1.807, 2.05) is 24.3 Å². The van der Waals surface area contributed by atoms with Crippen molar-refractivity contribution in [3.8, 4) is 0 Å². The summed E-state index contributed by atoms with van der Waals surface area (Å²) in [7, 11) is 2.19. The van der Waals surface area contributed by atoms with Gasteiger partial charge in [0.15, 0.2) is 0 Å². The van der Waals surface area contributed by atoms with E-state index in [0.717, 1.165) is 17.3 Å². The number of piperazine rings is 1. The van der Waals surface area contributed by atoms with Crippen LogP contribution in [0.3, 0.4) is 0 Å². The van der Waals surface area contributed by atoms with Gasteiger partial charge in [-0.15, -0.1) is 0 Å². The molecule has 1 aliphatic rings. The third-order valence-corrected chi connectivity index (χ3v) is 3.67. The van der Waals surface area contributed by atoms with Crippen molar-refractivity contribution in [2.24, 2.45) is 0 Å².